The summed E-state index contributed by atoms with van der Waals surface area (Å²) in [4.78, 5) is 30.1. The van der Waals surface area contributed by atoms with Gasteiger partial charge in [-0.05, 0) is 19.9 Å². The minimum Gasteiger partial charge on any atom is -0.493 e. The molecule has 9 heteroatoms. The van der Waals surface area contributed by atoms with Crippen molar-refractivity contribution in [1.82, 2.24) is 9.88 Å². The number of anilines is 1. The largest absolute Gasteiger partial charge is 0.493 e. The van der Waals surface area contributed by atoms with Crippen molar-refractivity contribution in [3.63, 3.8) is 0 Å². The Kier molecular flexibility index (Phi) is 6.29. The molecule has 1 fully saturated rings. The number of aromatic amines is 1. The second-order valence-electron chi connectivity index (χ2n) is 7.12. The third-order valence-corrected chi connectivity index (χ3v) is 4.82. The number of nitrogens with one attached hydrogen (secondary N) is 2. The van der Waals surface area contributed by atoms with E-state index in [1.165, 1.54) is 21.3 Å². The molecule has 2 N–H and O–H groups in total. The number of H-pyrrole nitrogens is 1. The molecule has 0 bridgehead atoms. The standard InChI is InChI=1S/C20H27N3O6/c1-11-8-23(9-12(2)29-11)10-17(24)22-18-13-6-15(26-3)16(27-4)7-14(13)21-19(18)20(25)28-5/h6-7,11-12,21H,8-10H2,1-5H3,(H,22,24). The molecular formula is C20H27N3O6. The highest BCUT2D eigenvalue weighted by molar-refractivity contribution is 6.11. The van der Waals surface area contributed by atoms with Crippen molar-refractivity contribution in [2.75, 3.05) is 46.3 Å². The van der Waals surface area contributed by atoms with Crippen LogP contribution in [-0.4, -0.2) is 74.9 Å². The fraction of sp³-hybridized carbons (Fsp3) is 0.500. The van der Waals surface area contributed by atoms with Gasteiger partial charge in [0.25, 0.3) is 0 Å². The first kappa shape index (κ1) is 20.9. The molecular weight excluding hydrogens is 378 g/mol. The Morgan fingerprint density at radius 2 is 1.76 bits per heavy atom. The van der Waals surface area contributed by atoms with Crippen LogP contribution in [0.2, 0.25) is 0 Å². The summed E-state index contributed by atoms with van der Waals surface area (Å²) >= 11 is 0. The van der Waals surface area contributed by atoms with Crippen LogP contribution < -0.4 is 14.8 Å². The van der Waals surface area contributed by atoms with Crippen LogP contribution in [0.25, 0.3) is 10.9 Å². The molecule has 0 aliphatic carbocycles. The van der Waals surface area contributed by atoms with E-state index in [0.29, 0.717) is 41.2 Å². The molecule has 29 heavy (non-hydrogen) atoms. The molecule has 1 aliphatic rings. The summed E-state index contributed by atoms with van der Waals surface area (Å²) in [6, 6.07) is 3.42. The van der Waals surface area contributed by atoms with Crippen LogP contribution in [0, 0.1) is 0 Å². The lowest BCUT2D eigenvalue weighted by molar-refractivity contribution is -0.121. The monoisotopic (exact) mass is 405 g/mol. The number of aromatic nitrogens is 1. The molecule has 3 rings (SSSR count). The quantitative estimate of drug-likeness (QED) is 0.709. The van der Waals surface area contributed by atoms with Gasteiger partial charge in [-0.2, -0.15) is 0 Å². The molecule has 2 aromatic rings. The first-order valence-electron chi connectivity index (χ1n) is 9.39. The van der Waals surface area contributed by atoms with Crippen molar-refractivity contribution in [1.29, 1.82) is 0 Å². The third-order valence-electron chi connectivity index (χ3n) is 4.82. The molecule has 1 aromatic carbocycles. The number of morpholine rings is 1. The van der Waals surface area contributed by atoms with Gasteiger partial charge in [-0.15, -0.1) is 0 Å². The Balaban J connectivity index is 1.91. The number of fused-ring (bicyclic) bond motifs is 1. The van der Waals surface area contributed by atoms with E-state index in [1.807, 2.05) is 18.7 Å². The van der Waals surface area contributed by atoms with Crippen LogP contribution in [0.5, 0.6) is 11.5 Å². The van der Waals surface area contributed by atoms with Gasteiger partial charge >= 0.3 is 5.97 Å². The second-order valence-corrected chi connectivity index (χ2v) is 7.12. The molecule has 0 radical (unpaired) electrons. The SMILES string of the molecule is COC(=O)c1[nH]c2cc(OC)c(OC)cc2c1NC(=O)CN1CC(C)OC(C)C1. The first-order chi connectivity index (χ1) is 13.9. The molecule has 2 unspecified atom stereocenters. The van der Waals surface area contributed by atoms with E-state index in [9.17, 15) is 9.59 Å². The summed E-state index contributed by atoms with van der Waals surface area (Å²) < 4.78 is 21.2. The van der Waals surface area contributed by atoms with Crippen molar-refractivity contribution in [3.8, 4) is 11.5 Å². The van der Waals surface area contributed by atoms with Gasteiger partial charge in [0.1, 0.15) is 5.69 Å². The summed E-state index contributed by atoms with van der Waals surface area (Å²) in [5, 5.41) is 3.49. The number of hydrogen-bond acceptors (Lipinski definition) is 7. The molecule has 0 spiro atoms. The maximum Gasteiger partial charge on any atom is 0.356 e. The van der Waals surface area contributed by atoms with Gasteiger partial charge in [-0.25, -0.2) is 4.79 Å². The van der Waals surface area contributed by atoms with Gasteiger partial charge in [0.15, 0.2) is 11.5 Å². The minimum atomic E-state index is -0.581. The lowest BCUT2D eigenvalue weighted by atomic mass is 10.2. The number of nitrogens with zero attached hydrogens (tertiary/aromatic N) is 1. The average Bonchev–Trinajstić information content (AvgIpc) is 3.02. The zero-order valence-electron chi connectivity index (χ0n) is 17.3. The summed E-state index contributed by atoms with van der Waals surface area (Å²) in [6.45, 7) is 5.49. The molecule has 1 aromatic heterocycles. The van der Waals surface area contributed by atoms with Crippen molar-refractivity contribution in [2.45, 2.75) is 26.1 Å². The van der Waals surface area contributed by atoms with Gasteiger partial charge in [0, 0.05) is 24.5 Å². The van der Waals surface area contributed by atoms with Crippen LogP contribution >= 0.6 is 0 Å². The van der Waals surface area contributed by atoms with E-state index in [2.05, 4.69) is 10.3 Å². The van der Waals surface area contributed by atoms with Crippen LogP contribution in [-0.2, 0) is 14.3 Å². The van der Waals surface area contributed by atoms with E-state index in [4.69, 9.17) is 18.9 Å². The molecule has 9 nitrogen and oxygen atoms in total. The van der Waals surface area contributed by atoms with Gasteiger partial charge in [0.2, 0.25) is 5.91 Å². The number of benzene rings is 1. The van der Waals surface area contributed by atoms with E-state index < -0.39 is 5.97 Å². The molecule has 2 heterocycles. The lowest BCUT2D eigenvalue weighted by Crippen LogP contribution is -2.48. The average molecular weight is 405 g/mol. The maximum atomic E-state index is 12.8. The van der Waals surface area contributed by atoms with Crippen LogP contribution in [0.4, 0.5) is 5.69 Å². The molecule has 1 amide bonds. The highest BCUT2D eigenvalue weighted by Gasteiger charge is 2.26. The highest BCUT2D eigenvalue weighted by Crippen LogP contribution is 2.37. The number of ether oxygens (including phenoxy) is 4. The first-order valence-corrected chi connectivity index (χ1v) is 9.39. The Morgan fingerprint density at radius 3 is 2.34 bits per heavy atom. The Morgan fingerprint density at radius 1 is 1.14 bits per heavy atom. The number of amides is 1. The maximum absolute atomic E-state index is 12.8. The lowest BCUT2D eigenvalue weighted by Gasteiger charge is -2.34. The van der Waals surface area contributed by atoms with Gasteiger partial charge in [0.05, 0.1) is 51.3 Å². The Bertz CT molecular complexity index is 899. The van der Waals surface area contributed by atoms with Crippen molar-refractivity contribution in [3.05, 3.63) is 17.8 Å². The predicted molar refractivity (Wildman–Crippen MR) is 108 cm³/mol. The number of carbonyl (C=O) groups excluding carboxylic acids is 2. The van der Waals surface area contributed by atoms with Crippen molar-refractivity contribution >= 4 is 28.5 Å². The topological polar surface area (TPSA) is 102 Å². The van der Waals surface area contributed by atoms with Crippen LogP contribution in [0.15, 0.2) is 12.1 Å². The van der Waals surface area contributed by atoms with E-state index in [1.54, 1.807) is 12.1 Å². The van der Waals surface area contributed by atoms with Gasteiger partial charge in [-0.3, -0.25) is 9.69 Å². The molecule has 1 saturated heterocycles. The third kappa shape index (κ3) is 4.46. The summed E-state index contributed by atoms with van der Waals surface area (Å²) in [7, 11) is 4.34. The second kappa shape index (κ2) is 8.71. The summed E-state index contributed by atoms with van der Waals surface area (Å²) in [5.41, 5.74) is 1.13. The van der Waals surface area contributed by atoms with E-state index in [-0.39, 0.29) is 30.4 Å². The molecule has 1 aliphatic heterocycles. The molecule has 2 atom stereocenters. The van der Waals surface area contributed by atoms with Crippen LogP contribution in [0.3, 0.4) is 0 Å². The minimum absolute atomic E-state index is 0.0574. The van der Waals surface area contributed by atoms with Gasteiger partial charge < -0.3 is 29.2 Å². The zero-order valence-corrected chi connectivity index (χ0v) is 17.3. The highest BCUT2D eigenvalue weighted by atomic mass is 16.5. The number of carbonyl (C=O) groups is 2. The Hall–Kier alpha value is -2.78. The smallest absolute Gasteiger partial charge is 0.356 e. The van der Waals surface area contributed by atoms with Crippen molar-refractivity contribution < 1.29 is 28.5 Å². The summed E-state index contributed by atoms with van der Waals surface area (Å²) in [5.74, 6) is 0.184. The van der Waals surface area contributed by atoms with Gasteiger partial charge in [-0.1, -0.05) is 0 Å². The van der Waals surface area contributed by atoms with E-state index >= 15 is 0 Å². The predicted octanol–water partition coefficient (Wildman–Crippen LogP) is 2.02. The van der Waals surface area contributed by atoms with Crippen molar-refractivity contribution in [2.24, 2.45) is 0 Å². The number of esters is 1. The number of methoxy groups -OCH3 is 3. The molecule has 158 valence electrons. The zero-order chi connectivity index (χ0) is 21.1. The number of hydrogen-bond donors (Lipinski definition) is 2. The summed E-state index contributed by atoms with van der Waals surface area (Å²) in [6.07, 6.45) is 0.115. The van der Waals surface area contributed by atoms with E-state index in [0.717, 1.165) is 0 Å². The fourth-order valence-electron chi connectivity index (χ4n) is 3.70. The molecule has 0 saturated carbocycles. The Labute approximate surface area is 169 Å². The normalized spacial score (nSPS) is 19.8. The fourth-order valence-corrected chi connectivity index (χ4v) is 3.70. The van der Waals surface area contributed by atoms with Crippen LogP contribution in [0.1, 0.15) is 24.3 Å². The number of rotatable bonds is 6.